The Balaban J connectivity index is 2.26. The summed E-state index contributed by atoms with van der Waals surface area (Å²) in [6, 6.07) is 1.48. The van der Waals surface area contributed by atoms with Crippen molar-refractivity contribution in [1.29, 1.82) is 0 Å². The van der Waals surface area contributed by atoms with Gasteiger partial charge in [-0.15, -0.1) is 0 Å². The van der Waals surface area contributed by atoms with Gasteiger partial charge in [-0.2, -0.15) is 8.42 Å². The lowest BCUT2D eigenvalue weighted by Crippen LogP contribution is -2.23. The molecule has 0 amide bonds. The molecule has 0 aromatic heterocycles. The molecule has 1 aliphatic heterocycles. The molecule has 0 saturated heterocycles. The Kier molecular flexibility index (Phi) is 4.49. The first kappa shape index (κ1) is 15.4. The summed E-state index contributed by atoms with van der Waals surface area (Å²) in [5, 5.41) is 10.7. The number of allylic oxidation sites excluding steroid dienone is 1. The first-order valence-electron chi connectivity index (χ1n) is 5.88. The highest BCUT2D eigenvalue weighted by molar-refractivity contribution is 7.85. The highest BCUT2D eigenvalue weighted by Crippen LogP contribution is 2.43. The molecule has 1 heterocycles. The topological polar surface area (TPSA) is 77.8 Å². The van der Waals surface area contributed by atoms with Crippen molar-refractivity contribution in [3.05, 3.63) is 34.0 Å². The Morgan fingerprint density at radius 1 is 1.30 bits per heavy atom. The van der Waals surface area contributed by atoms with Crippen LogP contribution in [0.3, 0.4) is 0 Å². The van der Waals surface area contributed by atoms with Gasteiger partial charge >= 0.3 is 0 Å². The molecule has 0 bridgehead atoms. The van der Waals surface area contributed by atoms with Crippen LogP contribution in [-0.4, -0.2) is 30.4 Å². The smallest absolute Gasteiger partial charge is 0.264 e. The second-order valence-corrected chi connectivity index (χ2v) is 6.82. The van der Waals surface area contributed by atoms with E-state index in [1.807, 2.05) is 6.08 Å². The molecule has 2 N–H and O–H groups in total. The molecule has 0 aliphatic carbocycles. The molecule has 1 aromatic rings. The molecule has 1 aliphatic rings. The molecule has 2 rings (SSSR count). The lowest BCUT2D eigenvalue weighted by molar-refractivity contribution is 0.474. The Morgan fingerprint density at radius 3 is 2.65 bits per heavy atom. The van der Waals surface area contributed by atoms with Crippen LogP contribution < -0.4 is 4.90 Å². The van der Waals surface area contributed by atoms with Gasteiger partial charge in [0.25, 0.3) is 10.1 Å². The van der Waals surface area contributed by atoms with Gasteiger partial charge in [0.05, 0.1) is 16.5 Å². The van der Waals surface area contributed by atoms with Gasteiger partial charge in [-0.25, -0.2) is 0 Å². The number of aromatic hydroxyl groups is 1. The van der Waals surface area contributed by atoms with Crippen molar-refractivity contribution in [2.75, 3.05) is 17.2 Å². The van der Waals surface area contributed by atoms with E-state index in [0.717, 1.165) is 5.56 Å². The van der Waals surface area contributed by atoms with Crippen LogP contribution in [-0.2, 0) is 16.5 Å². The molecule has 20 heavy (non-hydrogen) atoms. The minimum absolute atomic E-state index is 0.0812. The van der Waals surface area contributed by atoms with Crippen molar-refractivity contribution in [1.82, 2.24) is 0 Å². The van der Waals surface area contributed by atoms with Crippen molar-refractivity contribution in [3.8, 4) is 5.75 Å². The van der Waals surface area contributed by atoms with Gasteiger partial charge in [0.2, 0.25) is 0 Å². The zero-order valence-electron chi connectivity index (χ0n) is 10.4. The SMILES string of the molecule is O=S(=O)(O)CCCN1C=CCc2c(Cl)cc(Cl)c(O)c21. The molecule has 1 aromatic carbocycles. The van der Waals surface area contributed by atoms with Gasteiger partial charge in [-0.05, 0) is 18.9 Å². The molecule has 0 atom stereocenters. The maximum absolute atomic E-state index is 10.7. The van der Waals surface area contributed by atoms with E-state index in [1.165, 1.54) is 6.07 Å². The maximum atomic E-state index is 10.7. The van der Waals surface area contributed by atoms with Crippen molar-refractivity contribution in [3.63, 3.8) is 0 Å². The minimum atomic E-state index is -3.99. The number of anilines is 1. The van der Waals surface area contributed by atoms with E-state index >= 15 is 0 Å². The van der Waals surface area contributed by atoms with Crippen LogP contribution in [0.2, 0.25) is 10.0 Å². The first-order chi connectivity index (χ1) is 9.29. The summed E-state index contributed by atoms with van der Waals surface area (Å²) in [7, 11) is -3.99. The second kappa shape index (κ2) is 5.81. The van der Waals surface area contributed by atoms with Gasteiger partial charge in [0.15, 0.2) is 5.75 Å². The largest absolute Gasteiger partial charge is 0.504 e. The molecule has 0 unspecified atom stereocenters. The summed E-state index contributed by atoms with van der Waals surface area (Å²) in [5.41, 5.74) is 1.23. The van der Waals surface area contributed by atoms with Gasteiger partial charge in [-0.1, -0.05) is 29.3 Å². The molecule has 0 saturated carbocycles. The fraction of sp³-hybridized carbons (Fsp3) is 0.333. The Hall–Kier alpha value is -0.950. The van der Waals surface area contributed by atoms with E-state index in [1.54, 1.807) is 11.1 Å². The van der Waals surface area contributed by atoms with Gasteiger partial charge in [0, 0.05) is 23.3 Å². The van der Waals surface area contributed by atoms with E-state index in [9.17, 15) is 13.5 Å². The number of phenols is 1. The zero-order chi connectivity index (χ0) is 14.9. The predicted molar refractivity (Wildman–Crippen MR) is 79.3 cm³/mol. The Labute approximate surface area is 127 Å². The average Bonchev–Trinajstić information content (AvgIpc) is 2.34. The number of halogens is 2. The Morgan fingerprint density at radius 2 is 2.00 bits per heavy atom. The number of hydrogen-bond acceptors (Lipinski definition) is 4. The number of benzene rings is 1. The molecule has 110 valence electrons. The quantitative estimate of drug-likeness (QED) is 0.826. The minimum Gasteiger partial charge on any atom is -0.504 e. The third-order valence-electron chi connectivity index (χ3n) is 2.97. The van der Waals surface area contributed by atoms with Crippen LogP contribution in [0.1, 0.15) is 12.0 Å². The van der Waals surface area contributed by atoms with E-state index in [0.29, 0.717) is 23.7 Å². The third-order valence-corrected chi connectivity index (χ3v) is 4.40. The van der Waals surface area contributed by atoms with E-state index in [4.69, 9.17) is 27.8 Å². The number of phenolic OH excluding ortho intramolecular Hbond substituents is 1. The predicted octanol–water partition coefficient (Wildman–Crippen LogP) is 2.85. The number of nitrogens with zero attached hydrogens (tertiary/aromatic N) is 1. The van der Waals surface area contributed by atoms with Crippen molar-refractivity contribution in [2.24, 2.45) is 0 Å². The number of rotatable bonds is 4. The summed E-state index contributed by atoms with van der Waals surface area (Å²) in [6.45, 7) is 0.313. The van der Waals surface area contributed by atoms with Crippen LogP contribution in [0.4, 0.5) is 5.69 Å². The molecule has 0 spiro atoms. The summed E-state index contributed by atoms with van der Waals surface area (Å²) >= 11 is 12.0. The normalized spacial score (nSPS) is 14.4. The maximum Gasteiger partial charge on any atom is 0.264 e. The fourth-order valence-corrected chi connectivity index (χ4v) is 3.14. The highest BCUT2D eigenvalue weighted by atomic mass is 35.5. The summed E-state index contributed by atoms with van der Waals surface area (Å²) < 4.78 is 30.2. The summed E-state index contributed by atoms with van der Waals surface area (Å²) in [4.78, 5) is 1.68. The third kappa shape index (κ3) is 3.38. The molecular weight excluding hydrogens is 325 g/mol. The lowest BCUT2D eigenvalue weighted by atomic mass is 10.0. The summed E-state index contributed by atoms with van der Waals surface area (Å²) in [6.07, 6.45) is 4.37. The molecule has 0 radical (unpaired) electrons. The van der Waals surface area contributed by atoms with Crippen molar-refractivity contribution >= 4 is 39.0 Å². The lowest BCUT2D eigenvalue weighted by Gasteiger charge is -2.28. The Bertz CT molecular complexity index is 658. The van der Waals surface area contributed by atoms with E-state index in [2.05, 4.69) is 0 Å². The molecule has 0 fully saturated rings. The van der Waals surface area contributed by atoms with Gasteiger partial charge in [0.1, 0.15) is 0 Å². The average molecular weight is 338 g/mol. The monoisotopic (exact) mass is 337 g/mol. The van der Waals surface area contributed by atoms with E-state index in [-0.39, 0.29) is 22.9 Å². The highest BCUT2D eigenvalue weighted by Gasteiger charge is 2.22. The molecule has 5 nitrogen and oxygen atoms in total. The second-order valence-electron chi connectivity index (χ2n) is 4.44. The van der Waals surface area contributed by atoms with Crippen molar-refractivity contribution < 1.29 is 18.1 Å². The fourth-order valence-electron chi connectivity index (χ4n) is 2.12. The van der Waals surface area contributed by atoms with Gasteiger partial charge in [-0.3, -0.25) is 4.55 Å². The van der Waals surface area contributed by atoms with Crippen molar-refractivity contribution in [2.45, 2.75) is 12.8 Å². The molecular formula is C12H13Cl2NO4S. The zero-order valence-corrected chi connectivity index (χ0v) is 12.7. The number of fused-ring (bicyclic) bond motifs is 1. The molecule has 8 heteroatoms. The van der Waals surface area contributed by atoms with Crippen LogP contribution >= 0.6 is 23.2 Å². The number of hydrogen-bond donors (Lipinski definition) is 2. The van der Waals surface area contributed by atoms with E-state index < -0.39 is 10.1 Å². The van der Waals surface area contributed by atoms with Gasteiger partial charge < -0.3 is 10.0 Å². The summed E-state index contributed by atoms with van der Waals surface area (Å²) in [5.74, 6) is -0.427. The van der Waals surface area contributed by atoms with Crippen LogP contribution in [0, 0.1) is 0 Å². The first-order valence-corrected chi connectivity index (χ1v) is 8.24. The van der Waals surface area contributed by atoms with Crippen LogP contribution in [0.5, 0.6) is 5.75 Å². The standard InChI is InChI=1S/C12H13Cl2NO4S/c13-9-7-10(14)12(16)11-8(9)3-1-4-15(11)5-2-6-20(17,18)19/h1,4,7,16H,2-3,5-6H2,(H,17,18,19). The van der Waals surface area contributed by atoms with Crippen LogP contribution in [0.15, 0.2) is 18.3 Å². The van der Waals surface area contributed by atoms with Crippen LogP contribution in [0.25, 0.3) is 0 Å².